The number of carboxylic acids is 1. The van der Waals surface area contributed by atoms with Gasteiger partial charge in [-0.3, -0.25) is 0 Å². The smallest absolute Gasteiger partial charge is 0.341 e. The van der Waals surface area contributed by atoms with Gasteiger partial charge >= 0.3 is 5.97 Å². The number of hydrogen-bond donors (Lipinski definition) is 2. The molecule has 1 aliphatic heterocycles. The fourth-order valence-corrected chi connectivity index (χ4v) is 4.89. The SMILES string of the molecule is C=C(NCCC1CC(c2ccc(OCC(=O)O)cc2)c2ccccc2O1)c1cccc2ccccc12. The Kier molecular flexibility index (Phi) is 6.89. The molecule has 5 rings (SSSR count). The quantitative estimate of drug-likeness (QED) is 0.298. The highest BCUT2D eigenvalue weighted by Crippen LogP contribution is 2.41. The molecule has 2 unspecified atom stereocenters. The molecule has 182 valence electrons. The number of nitrogens with one attached hydrogen (secondary N) is 1. The number of benzene rings is 4. The number of para-hydroxylation sites is 1. The van der Waals surface area contributed by atoms with E-state index in [1.54, 1.807) is 0 Å². The number of rotatable bonds is 9. The number of fused-ring (bicyclic) bond motifs is 2. The van der Waals surface area contributed by atoms with Gasteiger partial charge in [-0.05, 0) is 41.0 Å². The van der Waals surface area contributed by atoms with Crippen molar-refractivity contribution in [3.63, 3.8) is 0 Å². The van der Waals surface area contributed by atoms with Crippen molar-refractivity contribution in [3.8, 4) is 11.5 Å². The third-order valence-corrected chi connectivity index (χ3v) is 6.65. The summed E-state index contributed by atoms with van der Waals surface area (Å²) in [6.07, 6.45) is 1.75. The van der Waals surface area contributed by atoms with Crippen LogP contribution in [0.4, 0.5) is 0 Å². The Hall–Kier alpha value is -4.25. The van der Waals surface area contributed by atoms with E-state index in [0.29, 0.717) is 5.75 Å². The normalized spacial score (nSPS) is 16.6. The molecule has 2 atom stereocenters. The number of ether oxygens (including phenoxy) is 2. The lowest BCUT2D eigenvalue weighted by Crippen LogP contribution is -2.29. The van der Waals surface area contributed by atoms with Crippen molar-refractivity contribution in [1.29, 1.82) is 0 Å². The van der Waals surface area contributed by atoms with Crippen LogP contribution in [0.15, 0.2) is 97.6 Å². The van der Waals surface area contributed by atoms with E-state index in [0.717, 1.165) is 42.0 Å². The van der Waals surface area contributed by atoms with E-state index in [4.69, 9.17) is 14.6 Å². The van der Waals surface area contributed by atoms with Crippen molar-refractivity contribution in [2.75, 3.05) is 13.2 Å². The molecule has 5 heteroatoms. The molecular weight excluding hydrogens is 450 g/mol. The molecule has 0 aliphatic carbocycles. The van der Waals surface area contributed by atoms with Gasteiger partial charge in [0, 0.05) is 35.7 Å². The summed E-state index contributed by atoms with van der Waals surface area (Å²) >= 11 is 0. The fraction of sp³-hybridized carbons (Fsp3) is 0.194. The number of aliphatic carboxylic acids is 1. The molecular formula is C31H29NO4. The summed E-state index contributed by atoms with van der Waals surface area (Å²) in [5.74, 6) is 0.666. The van der Waals surface area contributed by atoms with Crippen LogP contribution in [0.2, 0.25) is 0 Å². The molecule has 1 aliphatic rings. The predicted octanol–water partition coefficient (Wildman–Crippen LogP) is 6.24. The van der Waals surface area contributed by atoms with Crippen LogP contribution in [-0.4, -0.2) is 30.3 Å². The van der Waals surface area contributed by atoms with Crippen molar-refractivity contribution in [3.05, 3.63) is 114 Å². The predicted molar refractivity (Wildman–Crippen MR) is 142 cm³/mol. The van der Waals surface area contributed by atoms with Crippen LogP contribution in [0.3, 0.4) is 0 Å². The Bertz CT molecular complexity index is 1370. The number of carbonyl (C=O) groups is 1. The molecule has 0 aromatic heterocycles. The topological polar surface area (TPSA) is 67.8 Å². The molecule has 4 aromatic carbocycles. The van der Waals surface area contributed by atoms with Crippen molar-refractivity contribution in [1.82, 2.24) is 5.32 Å². The first-order valence-electron chi connectivity index (χ1n) is 12.2. The van der Waals surface area contributed by atoms with Crippen molar-refractivity contribution >= 4 is 22.4 Å². The van der Waals surface area contributed by atoms with Gasteiger partial charge in [0.05, 0.1) is 0 Å². The zero-order valence-electron chi connectivity index (χ0n) is 20.0. The molecule has 36 heavy (non-hydrogen) atoms. The van der Waals surface area contributed by atoms with E-state index in [-0.39, 0.29) is 18.6 Å². The summed E-state index contributed by atoms with van der Waals surface area (Å²) in [4.78, 5) is 10.8. The second-order valence-electron chi connectivity index (χ2n) is 9.04. The summed E-state index contributed by atoms with van der Waals surface area (Å²) in [5.41, 5.74) is 4.36. The first-order chi connectivity index (χ1) is 17.6. The van der Waals surface area contributed by atoms with Crippen molar-refractivity contribution in [2.45, 2.75) is 24.9 Å². The summed E-state index contributed by atoms with van der Waals surface area (Å²) < 4.78 is 11.7. The Balaban J connectivity index is 1.26. The van der Waals surface area contributed by atoms with Gasteiger partial charge in [0.25, 0.3) is 0 Å². The van der Waals surface area contributed by atoms with Gasteiger partial charge in [-0.1, -0.05) is 79.4 Å². The highest BCUT2D eigenvalue weighted by Gasteiger charge is 2.29. The molecule has 0 saturated carbocycles. The van der Waals surface area contributed by atoms with E-state index in [1.807, 2.05) is 48.5 Å². The van der Waals surface area contributed by atoms with Gasteiger partial charge in [-0.2, -0.15) is 0 Å². The maximum Gasteiger partial charge on any atom is 0.341 e. The third-order valence-electron chi connectivity index (χ3n) is 6.65. The Labute approximate surface area is 211 Å². The first-order valence-corrected chi connectivity index (χ1v) is 12.2. The molecule has 4 aromatic rings. The minimum Gasteiger partial charge on any atom is -0.490 e. The van der Waals surface area contributed by atoms with Gasteiger partial charge in [0.1, 0.15) is 17.6 Å². The largest absolute Gasteiger partial charge is 0.490 e. The average molecular weight is 480 g/mol. The zero-order valence-corrected chi connectivity index (χ0v) is 20.0. The Morgan fingerprint density at radius 2 is 1.72 bits per heavy atom. The second-order valence-corrected chi connectivity index (χ2v) is 9.04. The van der Waals surface area contributed by atoms with E-state index in [2.05, 4.69) is 54.4 Å². The minimum atomic E-state index is -0.989. The van der Waals surface area contributed by atoms with Gasteiger partial charge in [0.15, 0.2) is 6.61 Å². The van der Waals surface area contributed by atoms with Crippen molar-refractivity contribution in [2.24, 2.45) is 0 Å². The monoisotopic (exact) mass is 479 g/mol. The maximum absolute atomic E-state index is 10.8. The number of carboxylic acid groups (broad SMARTS) is 1. The Morgan fingerprint density at radius 1 is 0.972 bits per heavy atom. The van der Waals surface area contributed by atoms with Crippen LogP contribution in [-0.2, 0) is 4.79 Å². The lowest BCUT2D eigenvalue weighted by atomic mass is 9.83. The van der Waals surface area contributed by atoms with Crippen LogP contribution < -0.4 is 14.8 Å². The van der Waals surface area contributed by atoms with Gasteiger partial charge in [-0.25, -0.2) is 4.79 Å². The van der Waals surface area contributed by atoms with Crippen LogP contribution in [0.25, 0.3) is 16.5 Å². The lowest BCUT2D eigenvalue weighted by molar-refractivity contribution is -0.139. The molecule has 1 heterocycles. The summed E-state index contributed by atoms with van der Waals surface area (Å²) in [6.45, 7) is 4.69. The first kappa shape index (κ1) is 23.5. The van der Waals surface area contributed by atoms with Gasteiger partial charge in [-0.15, -0.1) is 0 Å². The zero-order chi connectivity index (χ0) is 24.9. The minimum absolute atomic E-state index is 0.0562. The highest BCUT2D eigenvalue weighted by molar-refractivity contribution is 5.93. The number of hydrogen-bond acceptors (Lipinski definition) is 4. The summed E-state index contributed by atoms with van der Waals surface area (Å²) in [6, 6.07) is 30.5. The molecule has 0 radical (unpaired) electrons. The summed E-state index contributed by atoms with van der Waals surface area (Å²) in [5, 5.41) is 14.7. The van der Waals surface area contributed by atoms with Crippen molar-refractivity contribution < 1.29 is 19.4 Å². The van der Waals surface area contributed by atoms with Gasteiger partial charge < -0.3 is 19.9 Å². The second kappa shape index (κ2) is 10.6. The fourth-order valence-electron chi connectivity index (χ4n) is 4.89. The lowest BCUT2D eigenvalue weighted by Gasteiger charge is -2.33. The highest BCUT2D eigenvalue weighted by atomic mass is 16.5. The van der Waals surface area contributed by atoms with E-state index in [1.165, 1.54) is 16.3 Å². The third kappa shape index (κ3) is 5.20. The Morgan fingerprint density at radius 3 is 2.56 bits per heavy atom. The summed E-state index contributed by atoms with van der Waals surface area (Å²) in [7, 11) is 0. The van der Waals surface area contributed by atoms with Gasteiger partial charge in [0.2, 0.25) is 0 Å². The molecule has 0 saturated heterocycles. The van der Waals surface area contributed by atoms with E-state index >= 15 is 0 Å². The van der Waals surface area contributed by atoms with E-state index in [9.17, 15) is 4.79 Å². The van der Waals surface area contributed by atoms with Crippen LogP contribution in [0, 0.1) is 0 Å². The average Bonchev–Trinajstić information content (AvgIpc) is 2.91. The van der Waals surface area contributed by atoms with Crippen LogP contribution in [0.5, 0.6) is 11.5 Å². The van der Waals surface area contributed by atoms with Crippen LogP contribution in [0.1, 0.15) is 35.4 Å². The molecule has 0 spiro atoms. The maximum atomic E-state index is 10.8. The standard InChI is InChI=1S/C31H29NO4/c1-21(26-11-6-8-22-7-2-3-9-27(22)26)32-18-17-25-19-29(28-10-4-5-12-30(28)36-25)23-13-15-24(16-14-23)35-20-31(33)34/h2-16,25,29,32H,1,17-20H2,(H,33,34). The van der Waals surface area contributed by atoms with E-state index < -0.39 is 5.97 Å². The molecule has 0 bridgehead atoms. The van der Waals surface area contributed by atoms with Crippen LogP contribution >= 0.6 is 0 Å². The molecule has 0 amide bonds. The molecule has 5 nitrogen and oxygen atoms in total. The molecule has 0 fully saturated rings. The molecule has 2 N–H and O–H groups in total.